The van der Waals surface area contributed by atoms with Crippen molar-refractivity contribution in [3.8, 4) is 0 Å². The van der Waals surface area contributed by atoms with Crippen LogP contribution in [0.2, 0.25) is 0 Å². The summed E-state index contributed by atoms with van der Waals surface area (Å²) < 4.78 is 5.37. The van der Waals surface area contributed by atoms with Gasteiger partial charge in [0.15, 0.2) is 0 Å². The number of carbonyl (C=O) groups is 1. The molecular formula is C20H25N3O2. The van der Waals surface area contributed by atoms with Crippen molar-refractivity contribution >= 4 is 16.8 Å². The summed E-state index contributed by atoms with van der Waals surface area (Å²) in [4.78, 5) is 21.8. The van der Waals surface area contributed by atoms with Crippen LogP contribution in [0.5, 0.6) is 0 Å². The number of para-hydroxylation sites is 1. The first-order valence-electron chi connectivity index (χ1n) is 9.14. The van der Waals surface area contributed by atoms with Crippen LogP contribution in [0.15, 0.2) is 36.5 Å². The lowest BCUT2D eigenvalue weighted by Crippen LogP contribution is -2.45. The molecule has 1 amide bonds. The Balaban J connectivity index is 1.46. The van der Waals surface area contributed by atoms with Gasteiger partial charge in [-0.15, -0.1) is 0 Å². The molecule has 5 heteroatoms. The van der Waals surface area contributed by atoms with Gasteiger partial charge in [0.2, 0.25) is 5.91 Å². The molecule has 1 aromatic heterocycles. The Labute approximate surface area is 148 Å². The van der Waals surface area contributed by atoms with E-state index in [9.17, 15) is 4.79 Å². The fraction of sp³-hybridized carbons (Fsp3) is 0.500. The van der Waals surface area contributed by atoms with Crippen LogP contribution in [0.4, 0.5) is 0 Å². The van der Waals surface area contributed by atoms with Gasteiger partial charge in [0.1, 0.15) is 0 Å². The van der Waals surface area contributed by atoms with Crippen molar-refractivity contribution in [3.05, 3.63) is 42.1 Å². The lowest BCUT2D eigenvalue weighted by molar-refractivity contribution is -0.140. The highest BCUT2D eigenvalue weighted by molar-refractivity contribution is 5.81. The Hall–Kier alpha value is -1.98. The first-order valence-corrected chi connectivity index (χ1v) is 9.14. The molecule has 2 aromatic rings. The predicted molar refractivity (Wildman–Crippen MR) is 97.1 cm³/mol. The van der Waals surface area contributed by atoms with Crippen molar-refractivity contribution in [2.45, 2.75) is 13.5 Å². The zero-order valence-electron chi connectivity index (χ0n) is 14.7. The number of rotatable bonds is 3. The molecule has 0 saturated carbocycles. The molecule has 2 atom stereocenters. The Morgan fingerprint density at radius 1 is 1.20 bits per heavy atom. The van der Waals surface area contributed by atoms with E-state index < -0.39 is 0 Å². The molecule has 132 valence electrons. The summed E-state index contributed by atoms with van der Waals surface area (Å²) in [6, 6.07) is 10.4. The zero-order chi connectivity index (χ0) is 17.2. The summed E-state index contributed by atoms with van der Waals surface area (Å²) in [7, 11) is 0. The Bertz CT molecular complexity index is 752. The Morgan fingerprint density at radius 2 is 2.00 bits per heavy atom. The van der Waals surface area contributed by atoms with Crippen LogP contribution in [0.25, 0.3) is 10.9 Å². The van der Waals surface area contributed by atoms with Crippen molar-refractivity contribution in [3.63, 3.8) is 0 Å². The van der Waals surface area contributed by atoms with Crippen LogP contribution in [0.3, 0.4) is 0 Å². The maximum Gasteiger partial charge on any atom is 0.227 e. The van der Waals surface area contributed by atoms with Crippen LogP contribution in [0.1, 0.15) is 12.5 Å². The molecule has 3 heterocycles. The number of aromatic nitrogens is 1. The lowest BCUT2D eigenvalue weighted by atomic mass is 9.96. The van der Waals surface area contributed by atoms with Gasteiger partial charge in [0, 0.05) is 44.3 Å². The average Bonchev–Trinajstić information content (AvgIpc) is 3.02. The molecular weight excluding hydrogens is 314 g/mol. The summed E-state index contributed by atoms with van der Waals surface area (Å²) in [5.41, 5.74) is 2.31. The van der Waals surface area contributed by atoms with Crippen LogP contribution in [-0.2, 0) is 16.1 Å². The molecule has 0 bridgehead atoms. The van der Waals surface area contributed by atoms with E-state index in [0.29, 0.717) is 25.0 Å². The first-order chi connectivity index (χ1) is 12.2. The van der Waals surface area contributed by atoms with Gasteiger partial charge in [0.05, 0.1) is 24.6 Å². The number of hydrogen-bond acceptors (Lipinski definition) is 4. The van der Waals surface area contributed by atoms with Gasteiger partial charge in [-0.25, -0.2) is 0 Å². The van der Waals surface area contributed by atoms with E-state index in [1.165, 1.54) is 10.9 Å². The molecule has 1 aromatic carbocycles. The number of morpholine rings is 1. The van der Waals surface area contributed by atoms with Gasteiger partial charge < -0.3 is 9.64 Å². The summed E-state index contributed by atoms with van der Waals surface area (Å²) in [5.74, 6) is 0.786. The maximum absolute atomic E-state index is 12.9. The molecule has 25 heavy (non-hydrogen) atoms. The molecule has 2 aliphatic rings. The quantitative estimate of drug-likeness (QED) is 0.860. The van der Waals surface area contributed by atoms with E-state index in [-0.39, 0.29) is 5.92 Å². The topological polar surface area (TPSA) is 45.7 Å². The monoisotopic (exact) mass is 339 g/mol. The summed E-state index contributed by atoms with van der Waals surface area (Å²) >= 11 is 0. The number of hydrogen-bond donors (Lipinski definition) is 0. The van der Waals surface area contributed by atoms with Crippen molar-refractivity contribution < 1.29 is 9.53 Å². The molecule has 2 aliphatic heterocycles. The third-order valence-corrected chi connectivity index (χ3v) is 5.44. The SMILES string of the molecule is C[C@@H]1CN(Cc2cccc3cccnc23)C[C@H]1C(=O)N1CCOCC1. The number of likely N-dealkylation sites (tertiary alicyclic amines) is 1. The van der Waals surface area contributed by atoms with Crippen molar-refractivity contribution in [1.29, 1.82) is 0 Å². The van der Waals surface area contributed by atoms with Gasteiger partial charge in [0.25, 0.3) is 0 Å². The summed E-state index contributed by atoms with van der Waals surface area (Å²) in [6.45, 7) is 7.64. The molecule has 2 saturated heterocycles. The van der Waals surface area contributed by atoms with Crippen LogP contribution in [-0.4, -0.2) is 60.1 Å². The van der Waals surface area contributed by atoms with E-state index in [1.807, 2.05) is 17.2 Å². The minimum atomic E-state index is 0.0982. The van der Waals surface area contributed by atoms with E-state index in [4.69, 9.17) is 4.74 Å². The normalized spacial score (nSPS) is 24.8. The average molecular weight is 339 g/mol. The Kier molecular flexibility index (Phi) is 4.68. The summed E-state index contributed by atoms with van der Waals surface area (Å²) in [6.07, 6.45) is 1.85. The van der Waals surface area contributed by atoms with Gasteiger partial charge >= 0.3 is 0 Å². The molecule has 2 fully saturated rings. The van der Waals surface area contributed by atoms with E-state index in [1.54, 1.807) is 0 Å². The number of carbonyl (C=O) groups excluding carboxylic acids is 1. The fourth-order valence-corrected chi connectivity index (χ4v) is 4.07. The standard InChI is InChI=1S/C20H25N3O2/c1-15-12-22(14-18(15)20(24)23-8-10-25-11-9-23)13-17-5-2-4-16-6-3-7-21-19(16)17/h2-7,15,18H,8-14H2,1H3/t15-,18-/m1/s1. The number of benzene rings is 1. The van der Waals surface area contributed by atoms with Gasteiger partial charge in [-0.3, -0.25) is 14.7 Å². The molecule has 0 aliphatic carbocycles. The molecule has 4 rings (SSSR count). The van der Waals surface area contributed by atoms with Crippen molar-refractivity contribution in [2.24, 2.45) is 11.8 Å². The molecule has 0 spiro atoms. The number of pyridine rings is 1. The Morgan fingerprint density at radius 3 is 2.84 bits per heavy atom. The van der Waals surface area contributed by atoms with Crippen LogP contribution < -0.4 is 0 Å². The largest absolute Gasteiger partial charge is 0.378 e. The molecule has 5 nitrogen and oxygen atoms in total. The van der Waals surface area contributed by atoms with Crippen LogP contribution in [0, 0.1) is 11.8 Å². The number of fused-ring (bicyclic) bond motifs is 1. The second kappa shape index (κ2) is 7.10. The first kappa shape index (κ1) is 16.5. The number of ether oxygens (including phenoxy) is 1. The minimum Gasteiger partial charge on any atom is -0.378 e. The van der Waals surface area contributed by atoms with Crippen LogP contribution >= 0.6 is 0 Å². The summed E-state index contributed by atoms with van der Waals surface area (Å²) in [5, 5.41) is 1.17. The molecule has 0 radical (unpaired) electrons. The number of amides is 1. The fourth-order valence-electron chi connectivity index (χ4n) is 4.07. The third-order valence-electron chi connectivity index (χ3n) is 5.44. The molecule has 0 unspecified atom stereocenters. The second-order valence-electron chi connectivity index (χ2n) is 7.21. The van der Waals surface area contributed by atoms with Gasteiger partial charge in [-0.2, -0.15) is 0 Å². The number of nitrogens with zero attached hydrogens (tertiary/aromatic N) is 3. The van der Waals surface area contributed by atoms with E-state index in [0.717, 1.165) is 38.2 Å². The maximum atomic E-state index is 12.9. The lowest BCUT2D eigenvalue weighted by Gasteiger charge is -2.30. The zero-order valence-corrected chi connectivity index (χ0v) is 14.7. The highest BCUT2D eigenvalue weighted by Crippen LogP contribution is 2.28. The minimum absolute atomic E-state index is 0.0982. The highest BCUT2D eigenvalue weighted by Gasteiger charge is 2.37. The van der Waals surface area contributed by atoms with Gasteiger partial charge in [-0.1, -0.05) is 31.2 Å². The van der Waals surface area contributed by atoms with Gasteiger partial charge in [-0.05, 0) is 17.5 Å². The molecule has 0 N–H and O–H groups in total. The second-order valence-corrected chi connectivity index (χ2v) is 7.21. The third kappa shape index (κ3) is 3.39. The van der Waals surface area contributed by atoms with E-state index >= 15 is 0 Å². The predicted octanol–water partition coefficient (Wildman–Crippen LogP) is 2.16. The smallest absolute Gasteiger partial charge is 0.227 e. The van der Waals surface area contributed by atoms with Crippen molar-refractivity contribution in [1.82, 2.24) is 14.8 Å². The highest BCUT2D eigenvalue weighted by atomic mass is 16.5. The van der Waals surface area contributed by atoms with E-state index in [2.05, 4.69) is 41.1 Å². The van der Waals surface area contributed by atoms with Crippen molar-refractivity contribution in [2.75, 3.05) is 39.4 Å².